The number of pyridine rings is 1. The molecular formula is C16H25N3. The number of hydrogen-bond donors (Lipinski definition) is 1. The number of hydrogen-bond acceptors (Lipinski definition) is 3. The van der Waals surface area contributed by atoms with Crippen LogP contribution in [0.15, 0.2) is 18.2 Å². The van der Waals surface area contributed by atoms with Gasteiger partial charge in [-0.25, -0.2) is 4.98 Å². The molecule has 3 nitrogen and oxygen atoms in total. The van der Waals surface area contributed by atoms with E-state index in [-0.39, 0.29) is 0 Å². The topological polar surface area (TPSA) is 28.2 Å². The maximum atomic E-state index is 4.74. The van der Waals surface area contributed by atoms with Crippen LogP contribution in [0.2, 0.25) is 0 Å². The zero-order valence-corrected chi connectivity index (χ0v) is 12.1. The van der Waals surface area contributed by atoms with Crippen LogP contribution in [0, 0.1) is 6.92 Å². The van der Waals surface area contributed by atoms with E-state index in [1.54, 1.807) is 0 Å². The van der Waals surface area contributed by atoms with Gasteiger partial charge >= 0.3 is 0 Å². The lowest BCUT2D eigenvalue weighted by Crippen LogP contribution is -2.49. The first-order valence-electron chi connectivity index (χ1n) is 7.72. The van der Waals surface area contributed by atoms with Crippen LogP contribution in [0.25, 0.3) is 0 Å². The first-order valence-corrected chi connectivity index (χ1v) is 7.72. The van der Waals surface area contributed by atoms with Gasteiger partial charge in [0.2, 0.25) is 0 Å². The molecule has 1 N–H and O–H groups in total. The summed E-state index contributed by atoms with van der Waals surface area (Å²) in [6.45, 7) is 5.47. The van der Waals surface area contributed by atoms with Crippen LogP contribution < -0.4 is 10.2 Å². The van der Waals surface area contributed by atoms with Crippen molar-refractivity contribution in [1.29, 1.82) is 0 Å². The van der Waals surface area contributed by atoms with E-state index < -0.39 is 0 Å². The highest BCUT2D eigenvalue weighted by atomic mass is 15.2. The lowest BCUT2D eigenvalue weighted by atomic mass is 9.98. The van der Waals surface area contributed by atoms with Crippen LogP contribution in [-0.2, 0) is 0 Å². The molecule has 19 heavy (non-hydrogen) atoms. The fourth-order valence-electron chi connectivity index (χ4n) is 3.70. The molecule has 2 atom stereocenters. The molecule has 2 unspecified atom stereocenters. The SMILES string of the molecule is CCCN(c1cccc(C)n1)C1CC2CCC(C1)N2. The van der Waals surface area contributed by atoms with Crippen molar-refractivity contribution < 1.29 is 0 Å². The summed E-state index contributed by atoms with van der Waals surface area (Å²) in [5, 5.41) is 3.73. The number of piperidine rings is 1. The van der Waals surface area contributed by atoms with Gasteiger partial charge in [0, 0.05) is 30.4 Å². The zero-order valence-electron chi connectivity index (χ0n) is 12.1. The van der Waals surface area contributed by atoms with Gasteiger partial charge in [-0.15, -0.1) is 0 Å². The maximum absolute atomic E-state index is 4.74. The van der Waals surface area contributed by atoms with Crippen LogP contribution in [0.4, 0.5) is 5.82 Å². The summed E-state index contributed by atoms with van der Waals surface area (Å²) in [6, 6.07) is 8.55. The number of fused-ring (bicyclic) bond motifs is 2. The Hall–Kier alpha value is -1.09. The zero-order chi connectivity index (χ0) is 13.2. The van der Waals surface area contributed by atoms with Gasteiger partial charge in [0.25, 0.3) is 0 Å². The fraction of sp³-hybridized carbons (Fsp3) is 0.688. The Morgan fingerprint density at radius 3 is 2.63 bits per heavy atom. The third-order valence-corrected chi connectivity index (χ3v) is 4.52. The molecule has 0 radical (unpaired) electrons. The number of nitrogens with one attached hydrogen (secondary N) is 1. The molecule has 2 aliphatic heterocycles. The molecule has 2 bridgehead atoms. The third-order valence-electron chi connectivity index (χ3n) is 4.52. The van der Waals surface area contributed by atoms with Gasteiger partial charge in [-0.3, -0.25) is 0 Å². The molecule has 0 aromatic carbocycles. The van der Waals surface area contributed by atoms with Crippen molar-refractivity contribution in [3.63, 3.8) is 0 Å². The summed E-state index contributed by atoms with van der Waals surface area (Å²) in [4.78, 5) is 7.30. The Labute approximate surface area is 116 Å². The van der Waals surface area contributed by atoms with E-state index >= 15 is 0 Å². The Morgan fingerprint density at radius 2 is 2.00 bits per heavy atom. The van der Waals surface area contributed by atoms with E-state index in [9.17, 15) is 0 Å². The van der Waals surface area contributed by atoms with E-state index in [4.69, 9.17) is 4.98 Å². The van der Waals surface area contributed by atoms with Crippen molar-refractivity contribution in [3.05, 3.63) is 23.9 Å². The first kappa shape index (κ1) is 12.9. The molecule has 3 heteroatoms. The molecule has 2 saturated heterocycles. The Kier molecular flexibility index (Phi) is 3.74. The Morgan fingerprint density at radius 1 is 1.26 bits per heavy atom. The second-order valence-corrected chi connectivity index (χ2v) is 6.09. The molecule has 2 aliphatic rings. The van der Waals surface area contributed by atoms with Crippen LogP contribution in [0.5, 0.6) is 0 Å². The largest absolute Gasteiger partial charge is 0.354 e. The van der Waals surface area contributed by atoms with E-state index in [2.05, 4.69) is 42.3 Å². The number of aromatic nitrogens is 1. The molecule has 1 aromatic heterocycles. The highest BCUT2D eigenvalue weighted by Gasteiger charge is 2.36. The summed E-state index contributed by atoms with van der Waals surface area (Å²) in [5.41, 5.74) is 1.12. The molecule has 2 fully saturated rings. The Balaban J connectivity index is 1.80. The average Bonchev–Trinajstić information content (AvgIpc) is 2.75. The van der Waals surface area contributed by atoms with Gasteiger partial charge in [0.05, 0.1) is 0 Å². The van der Waals surface area contributed by atoms with Gasteiger partial charge in [-0.05, 0) is 51.2 Å². The number of nitrogens with zero attached hydrogens (tertiary/aromatic N) is 2. The van der Waals surface area contributed by atoms with Crippen molar-refractivity contribution >= 4 is 5.82 Å². The summed E-state index contributed by atoms with van der Waals surface area (Å²) in [5.74, 6) is 1.17. The minimum absolute atomic E-state index is 0.674. The van der Waals surface area contributed by atoms with Crippen LogP contribution in [-0.4, -0.2) is 29.7 Å². The number of rotatable bonds is 4. The molecular weight excluding hydrogens is 234 g/mol. The van der Waals surface area contributed by atoms with Gasteiger partial charge in [0.1, 0.15) is 5.82 Å². The Bertz CT molecular complexity index is 420. The second kappa shape index (κ2) is 5.49. The van der Waals surface area contributed by atoms with E-state index in [0.717, 1.165) is 24.3 Å². The molecule has 0 aliphatic carbocycles. The molecule has 0 amide bonds. The third kappa shape index (κ3) is 2.76. The summed E-state index contributed by atoms with van der Waals surface area (Å²) < 4.78 is 0. The lowest BCUT2D eigenvalue weighted by molar-refractivity contribution is 0.345. The van der Waals surface area contributed by atoms with Crippen molar-refractivity contribution in [2.24, 2.45) is 0 Å². The monoisotopic (exact) mass is 259 g/mol. The highest BCUT2D eigenvalue weighted by molar-refractivity contribution is 5.41. The highest BCUT2D eigenvalue weighted by Crippen LogP contribution is 2.31. The quantitative estimate of drug-likeness (QED) is 0.901. The molecule has 1 aromatic rings. The maximum Gasteiger partial charge on any atom is 0.129 e. The fourth-order valence-corrected chi connectivity index (χ4v) is 3.70. The predicted octanol–water partition coefficient (Wildman–Crippen LogP) is 2.89. The van der Waals surface area contributed by atoms with Crippen molar-refractivity contribution in [3.8, 4) is 0 Å². The van der Waals surface area contributed by atoms with E-state index in [1.165, 1.54) is 37.9 Å². The van der Waals surface area contributed by atoms with Gasteiger partial charge in [0.15, 0.2) is 0 Å². The van der Waals surface area contributed by atoms with E-state index in [1.807, 2.05) is 0 Å². The summed E-state index contributed by atoms with van der Waals surface area (Å²) in [7, 11) is 0. The number of anilines is 1. The molecule has 0 spiro atoms. The van der Waals surface area contributed by atoms with Crippen LogP contribution >= 0.6 is 0 Å². The predicted molar refractivity (Wildman–Crippen MR) is 79.6 cm³/mol. The normalized spacial score (nSPS) is 29.5. The number of aryl methyl sites for hydroxylation is 1. The van der Waals surface area contributed by atoms with Gasteiger partial charge in [-0.1, -0.05) is 13.0 Å². The van der Waals surface area contributed by atoms with Gasteiger partial charge < -0.3 is 10.2 Å². The molecule has 3 rings (SSSR count). The minimum Gasteiger partial charge on any atom is -0.354 e. The van der Waals surface area contributed by atoms with Crippen LogP contribution in [0.3, 0.4) is 0 Å². The van der Waals surface area contributed by atoms with Crippen molar-refractivity contribution in [2.45, 2.75) is 64.1 Å². The average molecular weight is 259 g/mol. The lowest BCUT2D eigenvalue weighted by Gasteiger charge is -2.38. The molecule has 3 heterocycles. The van der Waals surface area contributed by atoms with Crippen LogP contribution in [0.1, 0.15) is 44.7 Å². The standard InChI is InChI=1S/C16H25N3/c1-3-9-19(16-6-4-5-12(2)17-16)15-10-13-7-8-14(11-15)18-13/h4-6,13-15,18H,3,7-11H2,1-2H3. The molecule has 0 saturated carbocycles. The molecule has 104 valence electrons. The summed E-state index contributed by atoms with van der Waals surface area (Å²) in [6.07, 6.45) is 6.48. The minimum atomic E-state index is 0.674. The second-order valence-electron chi connectivity index (χ2n) is 6.09. The van der Waals surface area contributed by atoms with Gasteiger partial charge in [-0.2, -0.15) is 0 Å². The first-order chi connectivity index (χ1) is 9.26. The summed E-state index contributed by atoms with van der Waals surface area (Å²) >= 11 is 0. The van der Waals surface area contributed by atoms with Crippen molar-refractivity contribution in [1.82, 2.24) is 10.3 Å². The van der Waals surface area contributed by atoms with E-state index in [0.29, 0.717) is 6.04 Å². The smallest absolute Gasteiger partial charge is 0.129 e. The van der Waals surface area contributed by atoms with Crippen molar-refractivity contribution in [2.75, 3.05) is 11.4 Å².